The van der Waals surface area contributed by atoms with Crippen LogP contribution in [0.25, 0.3) is 0 Å². The molecule has 1 aliphatic rings. The van der Waals surface area contributed by atoms with Gasteiger partial charge in [-0.3, -0.25) is 9.59 Å². The first-order valence-electron chi connectivity index (χ1n) is 8.27. The Bertz CT molecular complexity index is 709. The Morgan fingerprint density at radius 2 is 1.92 bits per heavy atom. The summed E-state index contributed by atoms with van der Waals surface area (Å²) < 4.78 is 5.73. The van der Waals surface area contributed by atoms with Crippen LogP contribution in [0, 0.1) is 0 Å². The Balaban J connectivity index is 1.49. The number of nitrogens with one attached hydrogen (secondary N) is 1. The van der Waals surface area contributed by atoms with Crippen LogP contribution >= 0.6 is 0 Å². The number of amides is 2. The fourth-order valence-electron chi connectivity index (χ4n) is 2.72. The second-order valence-corrected chi connectivity index (χ2v) is 5.80. The van der Waals surface area contributed by atoms with E-state index in [0.29, 0.717) is 24.7 Å². The van der Waals surface area contributed by atoms with E-state index in [0.717, 1.165) is 12.8 Å². The summed E-state index contributed by atoms with van der Waals surface area (Å²) in [5, 5.41) is 2.66. The third-order valence-electron chi connectivity index (χ3n) is 3.98. The summed E-state index contributed by atoms with van der Waals surface area (Å²) in [5.74, 6) is -0.372. The van der Waals surface area contributed by atoms with Gasteiger partial charge >= 0.3 is 6.01 Å². The van der Waals surface area contributed by atoms with Gasteiger partial charge in [-0.05, 0) is 31.0 Å². The van der Waals surface area contributed by atoms with Crippen LogP contribution in [0.1, 0.15) is 23.2 Å². The molecule has 7 nitrogen and oxygen atoms in total. The molecule has 1 aliphatic heterocycles. The van der Waals surface area contributed by atoms with Crippen molar-refractivity contribution < 1.29 is 14.3 Å². The largest absolute Gasteiger partial charge is 0.458 e. The zero-order valence-corrected chi connectivity index (χ0v) is 13.8. The van der Waals surface area contributed by atoms with Gasteiger partial charge in [0.15, 0.2) is 0 Å². The molecule has 2 heterocycles. The molecule has 1 fully saturated rings. The average molecular weight is 340 g/mol. The zero-order chi connectivity index (χ0) is 17.5. The van der Waals surface area contributed by atoms with Crippen LogP contribution in [0.15, 0.2) is 48.8 Å². The first-order chi connectivity index (χ1) is 12.2. The second kappa shape index (κ2) is 8.23. The lowest BCUT2D eigenvalue weighted by atomic mass is 10.1. The van der Waals surface area contributed by atoms with Gasteiger partial charge in [-0.2, -0.15) is 0 Å². The van der Waals surface area contributed by atoms with Crippen molar-refractivity contribution in [2.24, 2.45) is 0 Å². The SMILES string of the molecule is O=C(NCC(=O)N1CCCC(Oc2ncccn2)C1)c1ccccc1. The molecule has 130 valence electrons. The number of carbonyl (C=O) groups excluding carboxylic acids is 2. The summed E-state index contributed by atoms with van der Waals surface area (Å²) in [6, 6.07) is 10.9. The van der Waals surface area contributed by atoms with Crippen molar-refractivity contribution in [1.29, 1.82) is 0 Å². The lowest BCUT2D eigenvalue weighted by Gasteiger charge is -2.32. The molecule has 0 spiro atoms. The first kappa shape index (κ1) is 16.9. The number of carbonyl (C=O) groups is 2. The minimum absolute atomic E-state index is 0.0255. The maximum Gasteiger partial charge on any atom is 0.316 e. The number of likely N-dealkylation sites (tertiary alicyclic amines) is 1. The predicted octanol–water partition coefficient (Wildman–Crippen LogP) is 1.28. The molecule has 7 heteroatoms. The summed E-state index contributed by atoms with van der Waals surface area (Å²) in [6.07, 6.45) is 4.79. The molecule has 1 atom stereocenters. The smallest absolute Gasteiger partial charge is 0.316 e. The van der Waals surface area contributed by atoms with Crippen LogP contribution in [0.4, 0.5) is 0 Å². The van der Waals surface area contributed by atoms with Crippen molar-refractivity contribution in [3.8, 4) is 6.01 Å². The lowest BCUT2D eigenvalue weighted by molar-refractivity contribution is -0.132. The minimum Gasteiger partial charge on any atom is -0.458 e. The molecule has 0 radical (unpaired) electrons. The molecule has 2 aromatic rings. The number of piperidine rings is 1. The van der Waals surface area contributed by atoms with Crippen molar-refractivity contribution >= 4 is 11.8 Å². The van der Waals surface area contributed by atoms with Gasteiger partial charge in [0.25, 0.3) is 5.91 Å². The van der Waals surface area contributed by atoms with Gasteiger partial charge in [0.05, 0.1) is 13.1 Å². The van der Waals surface area contributed by atoms with Gasteiger partial charge in [-0.25, -0.2) is 9.97 Å². The summed E-state index contributed by atoms with van der Waals surface area (Å²) in [7, 11) is 0. The highest BCUT2D eigenvalue weighted by Gasteiger charge is 2.25. The van der Waals surface area contributed by atoms with E-state index in [1.165, 1.54) is 0 Å². The van der Waals surface area contributed by atoms with E-state index in [-0.39, 0.29) is 24.5 Å². The van der Waals surface area contributed by atoms with Crippen LogP contribution in [-0.2, 0) is 4.79 Å². The second-order valence-electron chi connectivity index (χ2n) is 5.80. The molecule has 25 heavy (non-hydrogen) atoms. The number of benzene rings is 1. The van der Waals surface area contributed by atoms with Crippen molar-refractivity contribution in [1.82, 2.24) is 20.2 Å². The molecule has 0 bridgehead atoms. The maximum atomic E-state index is 12.4. The van der Waals surface area contributed by atoms with Gasteiger partial charge < -0.3 is 15.0 Å². The topological polar surface area (TPSA) is 84.4 Å². The fourth-order valence-corrected chi connectivity index (χ4v) is 2.72. The van der Waals surface area contributed by atoms with Crippen LogP contribution in [0.2, 0.25) is 0 Å². The van der Waals surface area contributed by atoms with E-state index >= 15 is 0 Å². The third kappa shape index (κ3) is 4.76. The Labute approximate surface area is 146 Å². The predicted molar refractivity (Wildman–Crippen MR) is 91.0 cm³/mol. The lowest BCUT2D eigenvalue weighted by Crippen LogP contribution is -2.48. The van der Waals surface area contributed by atoms with E-state index in [4.69, 9.17) is 4.74 Å². The van der Waals surface area contributed by atoms with Crippen LogP contribution in [-0.4, -0.2) is 52.4 Å². The van der Waals surface area contributed by atoms with Crippen molar-refractivity contribution in [2.75, 3.05) is 19.6 Å². The summed E-state index contributed by atoms with van der Waals surface area (Å²) in [4.78, 5) is 34.2. The van der Waals surface area contributed by atoms with E-state index in [9.17, 15) is 9.59 Å². The number of ether oxygens (including phenoxy) is 1. The number of nitrogens with zero attached hydrogens (tertiary/aromatic N) is 3. The van der Waals surface area contributed by atoms with Crippen LogP contribution in [0.3, 0.4) is 0 Å². The maximum absolute atomic E-state index is 12.4. The molecule has 2 amide bonds. The van der Waals surface area contributed by atoms with Gasteiger partial charge in [0, 0.05) is 24.5 Å². The van der Waals surface area contributed by atoms with Crippen LogP contribution < -0.4 is 10.1 Å². The van der Waals surface area contributed by atoms with Crippen LogP contribution in [0.5, 0.6) is 6.01 Å². The molecule has 1 aromatic heterocycles. The van der Waals surface area contributed by atoms with Gasteiger partial charge in [-0.15, -0.1) is 0 Å². The Morgan fingerprint density at radius 1 is 1.16 bits per heavy atom. The molecule has 0 saturated carbocycles. The Kier molecular flexibility index (Phi) is 5.56. The van der Waals surface area contributed by atoms with E-state index in [1.54, 1.807) is 47.6 Å². The summed E-state index contributed by atoms with van der Waals surface area (Å²) >= 11 is 0. The number of hydrogen-bond acceptors (Lipinski definition) is 5. The van der Waals surface area contributed by atoms with Gasteiger partial charge in [0.1, 0.15) is 6.10 Å². The summed E-state index contributed by atoms with van der Waals surface area (Å²) in [5.41, 5.74) is 0.538. The molecule has 1 N–H and O–H groups in total. The molecule has 3 rings (SSSR count). The highest BCUT2D eigenvalue weighted by molar-refractivity contribution is 5.96. The van der Waals surface area contributed by atoms with Gasteiger partial charge in [-0.1, -0.05) is 18.2 Å². The molecule has 1 saturated heterocycles. The van der Waals surface area contributed by atoms with Crippen molar-refractivity contribution in [2.45, 2.75) is 18.9 Å². The van der Waals surface area contributed by atoms with E-state index in [1.807, 2.05) is 6.07 Å². The Morgan fingerprint density at radius 3 is 2.68 bits per heavy atom. The van der Waals surface area contributed by atoms with Crippen molar-refractivity contribution in [3.63, 3.8) is 0 Å². The molecule has 1 unspecified atom stereocenters. The monoisotopic (exact) mass is 340 g/mol. The van der Waals surface area contributed by atoms with Crippen molar-refractivity contribution in [3.05, 3.63) is 54.4 Å². The highest BCUT2D eigenvalue weighted by Crippen LogP contribution is 2.15. The first-order valence-corrected chi connectivity index (χ1v) is 8.27. The molecule has 0 aliphatic carbocycles. The molecule has 1 aromatic carbocycles. The standard InChI is InChI=1S/C18H20N4O3/c23-16(12-21-17(24)14-6-2-1-3-7-14)22-11-4-8-15(13-22)25-18-19-9-5-10-20-18/h1-3,5-7,9-10,15H,4,8,11-13H2,(H,21,24). The van der Waals surface area contributed by atoms with E-state index < -0.39 is 0 Å². The highest BCUT2D eigenvalue weighted by atomic mass is 16.5. The third-order valence-corrected chi connectivity index (χ3v) is 3.98. The Hall–Kier alpha value is -2.96. The number of aromatic nitrogens is 2. The number of hydrogen-bond donors (Lipinski definition) is 1. The molecular weight excluding hydrogens is 320 g/mol. The summed E-state index contributed by atoms with van der Waals surface area (Å²) in [6.45, 7) is 1.11. The van der Waals surface area contributed by atoms with Gasteiger partial charge in [0.2, 0.25) is 5.91 Å². The normalized spacial score (nSPS) is 17.0. The number of rotatable bonds is 5. The quantitative estimate of drug-likeness (QED) is 0.886. The zero-order valence-electron chi connectivity index (χ0n) is 13.8. The molecular formula is C18H20N4O3. The van der Waals surface area contributed by atoms with E-state index in [2.05, 4.69) is 15.3 Å². The minimum atomic E-state index is -0.253. The fraction of sp³-hybridized carbons (Fsp3) is 0.333. The average Bonchev–Trinajstić information content (AvgIpc) is 2.67.